The standard InChI is InChI=1S/C7H8O5S/c8-7(9)5-3-1-2-4-6(5)13(10,11)12/h1-4,7-9H,(H,10,11,12). The Morgan fingerprint density at radius 3 is 2.08 bits per heavy atom. The van der Waals surface area contributed by atoms with Crippen molar-refractivity contribution < 1.29 is 23.2 Å². The highest BCUT2D eigenvalue weighted by atomic mass is 32.2. The minimum absolute atomic E-state index is 0.245. The van der Waals surface area contributed by atoms with Crippen LogP contribution in [0.5, 0.6) is 0 Å². The largest absolute Gasteiger partial charge is 0.364 e. The van der Waals surface area contributed by atoms with Crippen LogP contribution >= 0.6 is 0 Å². The quantitative estimate of drug-likeness (QED) is 0.462. The number of hydrogen-bond donors (Lipinski definition) is 3. The van der Waals surface area contributed by atoms with Gasteiger partial charge in [-0.05, 0) is 6.07 Å². The van der Waals surface area contributed by atoms with E-state index in [9.17, 15) is 8.42 Å². The Balaban J connectivity index is 3.37. The maximum atomic E-state index is 10.7. The first-order chi connectivity index (χ1) is 5.93. The van der Waals surface area contributed by atoms with E-state index in [1.54, 1.807) is 0 Å². The van der Waals surface area contributed by atoms with Crippen molar-refractivity contribution in [2.24, 2.45) is 0 Å². The summed E-state index contributed by atoms with van der Waals surface area (Å²) < 4.78 is 30.1. The minimum atomic E-state index is -4.40. The Kier molecular flexibility index (Phi) is 2.67. The summed E-state index contributed by atoms with van der Waals surface area (Å²) in [5.74, 6) is 0. The summed E-state index contributed by atoms with van der Waals surface area (Å²) in [5, 5.41) is 17.5. The minimum Gasteiger partial charge on any atom is -0.364 e. The summed E-state index contributed by atoms with van der Waals surface area (Å²) in [6.07, 6.45) is -1.92. The molecule has 5 nitrogen and oxygen atoms in total. The molecule has 0 heterocycles. The Hall–Kier alpha value is -0.950. The highest BCUT2D eigenvalue weighted by Gasteiger charge is 2.17. The molecule has 72 valence electrons. The predicted molar refractivity (Wildman–Crippen MR) is 43.4 cm³/mol. The normalized spacial score (nSPS) is 12.0. The van der Waals surface area contributed by atoms with E-state index >= 15 is 0 Å². The van der Waals surface area contributed by atoms with Gasteiger partial charge >= 0.3 is 0 Å². The fraction of sp³-hybridized carbons (Fsp3) is 0.143. The number of rotatable bonds is 2. The van der Waals surface area contributed by atoms with Gasteiger partial charge in [-0.3, -0.25) is 4.55 Å². The van der Waals surface area contributed by atoms with Gasteiger partial charge < -0.3 is 10.2 Å². The predicted octanol–water partition coefficient (Wildman–Crippen LogP) is -0.0835. The highest BCUT2D eigenvalue weighted by Crippen LogP contribution is 2.19. The van der Waals surface area contributed by atoms with Gasteiger partial charge in [-0.15, -0.1) is 0 Å². The number of aliphatic hydroxyl groups is 2. The number of benzene rings is 1. The molecule has 6 heteroatoms. The third-order valence-electron chi connectivity index (χ3n) is 1.48. The Morgan fingerprint density at radius 2 is 1.69 bits per heavy atom. The van der Waals surface area contributed by atoms with Crippen molar-refractivity contribution in [2.45, 2.75) is 11.2 Å². The number of aliphatic hydroxyl groups excluding tert-OH is 1. The lowest BCUT2D eigenvalue weighted by Gasteiger charge is -2.07. The van der Waals surface area contributed by atoms with Crippen LogP contribution in [0.1, 0.15) is 11.9 Å². The molecule has 0 unspecified atom stereocenters. The molecule has 13 heavy (non-hydrogen) atoms. The molecular weight excluding hydrogens is 196 g/mol. The first-order valence-electron chi connectivity index (χ1n) is 3.35. The molecule has 1 aromatic rings. The van der Waals surface area contributed by atoms with Crippen molar-refractivity contribution >= 4 is 10.1 Å². The average Bonchev–Trinajstić information content (AvgIpc) is 2.03. The van der Waals surface area contributed by atoms with Gasteiger partial charge in [-0.2, -0.15) is 8.42 Å². The van der Waals surface area contributed by atoms with Crippen molar-refractivity contribution in [1.82, 2.24) is 0 Å². The van der Waals surface area contributed by atoms with Gasteiger partial charge in [-0.25, -0.2) is 0 Å². The smallest absolute Gasteiger partial charge is 0.294 e. The molecule has 1 aromatic carbocycles. The third kappa shape index (κ3) is 2.25. The molecular formula is C7H8O5S. The molecule has 0 spiro atoms. The lowest BCUT2D eigenvalue weighted by atomic mass is 10.2. The van der Waals surface area contributed by atoms with E-state index in [4.69, 9.17) is 14.8 Å². The van der Waals surface area contributed by atoms with Crippen LogP contribution in [-0.4, -0.2) is 23.2 Å². The highest BCUT2D eigenvalue weighted by molar-refractivity contribution is 7.85. The van der Waals surface area contributed by atoms with Crippen molar-refractivity contribution in [3.63, 3.8) is 0 Å². The Morgan fingerprint density at radius 1 is 1.15 bits per heavy atom. The van der Waals surface area contributed by atoms with E-state index in [2.05, 4.69) is 0 Å². The van der Waals surface area contributed by atoms with Crippen LogP contribution in [0.4, 0.5) is 0 Å². The topological polar surface area (TPSA) is 94.8 Å². The maximum Gasteiger partial charge on any atom is 0.294 e. The van der Waals surface area contributed by atoms with E-state index in [-0.39, 0.29) is 5.56 Å². The van der Waals surface area contributed by atoms with Crippen molar-refractivity contribution in [1.29, 1.82) is 0 Å². The Bertz CT molecular complexity index is 395. The lowest BCUT2D eigenvalue weighted by Crippen LogP contribution is -2.06. The van der Waals surface area contributed by atoms with Gasteiger partial charge in [0.05, 0.1) is 0 Å². The first-order valence-corrected chi connectivity index (χ1v) is 4.79. The van der Waals surface area contributed by atoms with Gasteiger partial charge in [0.2, 0.25) is 0 Å². The summed E-state index contributed by atoms with van der Waals surface area (Å²) in [6, 6.07) is 5.09. The van der Waals surface area contributed by atoms with Crippen LogP contribution in [-0.2, 0) is 10.1 Å². The molecule has 0 atom stereocenters. The molecule has 0 aliphatic rings. The van der Waals surface area contributed by atoms with Crippen LogP contribution in [0.15, 0.2) is 29.2 Å². The number of hydrogen-bond acceptors (Lipinski definition) is 4. The summed E-state index contributed by atoms with van der Waals surface area (Å²) in [4.78, 5) is -0.495. The first kappa shape index (κ1) is 10.1. The molecule has 0 aliphatic heterocycles. The molecule has 0 radical (unpaired) electrons. The van der Waals surface area contributed by atoms with Gasteiger partial charge in [0.25, 0.3) is 10.1 Å². The fourth-order valence-corrected chi connectivity index (χ4v) is 1.65. The van der Waals surface area contributed by atoms with E-state index in [1.165, 1.54) is 18.2 Å². The molecule has 0 saturated carbocycles. The van der Waals surface area contributed by atoms with Gasteiger partial charge in [0, 0.05) is 5.56 Å². The lowest BCUT2D eigenvalue weighted by molar-refractivity contribution is -0.0447. The van der Waals surface area contributed by atoms with Crippen LogP contribution < -0.4 is 0 Å². The van der Waals surface area contributed by atoms with Gasteiger partial charge in [0.1, 0.15) is 4.90 Å². The summed E-state index contributed by atoms with van der Waals surface area (Å²) in [5.41, 5.74) is -0.245. The maximum absolute atomic E-state index is 10.7. The molecule has 0 saturated heterocycles. The molecule has 0 bridgehead atoms. The van der Waals surface area contributed by atoms with Crippen LogP contribution in [0, 0.1) is 0 Å². The Labute approximate surface area is 75.0 Å². The second kappa shape index (κ2) is 3.43. The molecule has 0 aliphatic carbocycles. The fourth-order valence-electron chi connectivity index (χ4n) is 0.929. The van der Waals surface area contributed by atoms with E-state index in [1.807, 2.05) is 0 Å². The van der Waals surface area contributed by atoms with E-state index in [0.29, 0.717) is 0 Å². The van der Waals surface area contributed by atoms with Crippen molar-refractivity contribution in [2.75, 3.05) is 0 Å². The SMILES string of the molecule is O=S(=O)(O)c1ccccc1C(O)O. The molecule has 0 amide bonds. The average molecular weight is 204 g/mol. The van der Waals surface area contributed by atoms with E-state index in [0.717, 1.165) is 6.07 Å². The summed E-state index contributed by atoms with van der Waals surface area (Å²) in [7, 11) is -4.40. The molecule has 0 fully saturated rings. The van der Waals surface area contributed by atoms with Crippen molar-refractivity contribution in [3.8, 4) is 0 Å². The van der Waals surface area contributed by atoms with Crippen molar-refractivity contribution in [3.05, 3.63) is 29.8 Å². The summed E-state index contributed by atoms with van der Waals surface area (Å²) in [6.45, 7) is 0. The second-order valence-electron chi connectivity index (χ2n) is 2.39. The van der Waals surface area contributed by atoms with Crippen LogP contribution in [0.3, 0.4) is 0 Å². The van der Waals surface area contributed by atoms with Gasteiger partial charge in [-0.1, -0.05) is 18.2 Å². The van der Waals surface area contributed by atoms with Crippen LogP contribution in [0.2, 0.25) is 0 Å². The van der Waals surface area contributed by atoms with Crippen LogP contribution in [0.25, 0.3) is 0 Å². The second-order valence-corrected chi connectivity index (χ2v) is 3.78. The third-order valence-corrected chi connectivity index (χ3v) is 2.40. The van der Waals surface area contributed by atoms with Gasteiger partial charge in [0.15, 0.2) is 6.29 Å². The zero-order valence-electron chi connectivity index (χ0n) is 6.45. The molecule has 3 N–H and O–H groups in total. The summed E-state index contributed by atoms with van der Waals surface area (Å²) >= 11 is 0. The molecule has 1 rings (SSSR count). The monoisotopic (exact) mass is 204 g/mol. The zero-order chi connectivity index (χ0) is 10.1. The zero-order valence-corrected chi connectivity index (χ0v) is 7.27. The van der Waals surface area contributed by atoms with E-state index < -0.39 is 21.3 Å². The molecule has 0 aromatic heterocycles.